The first-order chi connectivity index (χ1) is 6.52. The summed E-state index contributed by atoms with van der Waals surface area (Å²) >= 11 is -0.293. The average Bonchev–Trinajstić information content (AvgIpc) is 2.16. The van der Waals surface area contributed by atoms with E-state index < -0.39 is 11.7 Å². The molecule has 0 aromatic heterocycles. The number of halogens is 4. The lowest BCUT2D eigenvalue weighted by Crippen LogP contribution is -2.23. The minimum Gasteiger partial charge on any atom is -0.325 e. The zero-order chi connectivity index (χ0) is 10.6. The van der Waals surface area contributed by atoms with Crippen LogP contribution in [0.4, 0.5) is 23.2 Å². The predicted molar refractivity (Wildman–Crippen MR) is 48.6 cm³/mol. The van der Waals surface area contributed by atoms with Crippen LogP contribution in [-0.2, 0) is 0 Å². The first-order valence-electron chi connectivity index (χ1n) is 3.67. The maximum atomic E-state index is 12.4. The number of anilines is 1. The molecule has 0 saturated heterocycles. The summed E-state index contributed by atoms with van der Waals surface area (Å²) in [4.78, 5) is 0. The standard InChI is InChI=1S/C8H7F4NS/c9-7(10)8(11,12)14-13-6-4-2-1-3-5-6/h1-5,7,13H. The molecule has 1 N–H and O–H groups in total. The van der Waals surface area contributed by atoms with Crippen molar-refractivity contribution in [2.24, 2.45) is 0 Å². The van der Waals surface area contributed by atoms with E-state index in [0.29, 0.717) is 5.69 Å². The van der Waals surface area contributed by atoms with E-state index in [1.807, 2.05) is 0 Å². The van der Waals surface area contributed by atoms with E-state index in [0.717, 1.165) is 0 Å². The zero-order valence-electron chi connectivity index (χ0n) is 6.88. The molecule has 1 rings (SSSR count). The highest BCUT2D eigenvalue weighted by atomic mass is 32.2. The van der Waals surface area contributed by atoms with Gasteiger partial charge < -0.3 is 4.72 Å². The van der Waals surface area contributed by atoms with Gasteiger partial charge >= 0.3 is 11.7 Å². The van der Waals surface area contributed by atoms with Gasteiger partial charge in [0, 0.05) is 17.6 Å². The second-order valence-corrected chi connectivity index (χ2v) is 3.39. The van der Waals surface area contributed by atoms with Gasteiger partial charge in [0.05, 0.1) is 0 Å². The van der Waals surface area contributed by atoms with Crippen molar-refractivity contribution in [3.63, 3.8) is 0 Å². The van der Waals surface area contributed by atoms with Crippen molar-refractivity contribution in [3.8, 4) is 0 Å². The summed E-state index contributed by atoms with van der Waals surface area (Å²) in [6, 6.07) is 7.94. The fourth-order valence-electron chi connectivity index (χ4n) is 0.678. The lowest BCUT2D eigenvalue weighted by Gasteiger charge is -2.14. The molecule has 0 heterocycles. The molecule has 1 nitrogen and oxygen atoms in total. The van der Waals surface area contributed by atoms with Gasteiger partial charge in [-0.25, -0.2) is 8.78 Å². The summed E-state index contributed by atoms with van der Waals surface area (Å²) < 4.78 is 50.3. The second kappa shape index (κ2) is 4.54. The molecular formula is C8H7F4NS. The highest BCUT2D eigenvalue weighted by Crippen LogP contribution is 2.35. The summed E-state index contributed by atoms with van der Waals surface area (Å²) in [5.41, 5.74) is 0.359. The summed E-state index contributed by atoms with van der Waals surface area (Å²) in [5.74, 6) is 0. The molecule has 0 aliphatic rings. The molecule has 0 bridgehead atoms. The van der Waals surface area contributed by atoms with Crippen LogP contribution < -0.4 is 4.72 Å². The SMILES string of the molecule is FC(F)C(F)(F)SNc1ccccc1. The predicted octanol–water partition coefficient (Wildman–Crippen LogP) is 3.60. The van der Waals surface area contributed by atoms with Crippen LogP contribution in [0, 0.1) is 0 Å². The number of nitrogens with one attached hydrogen (secondary N) is 1. The van der Waals surface area contributed by atoms with Gasteiger partial charge in [-0.15, -0.1) is 0 Å². The number of alkyl halides is 4. The number of para-hydroxylation sites is 1. The molecule has 0 atom stereocenters. The molecule has 78 valence electrons. The average molecular weight is 225 g/mol. The topological polar surface area (TPSA) is 12.0 Å². The van der Waals surface area contributed by atoms with Crippen LogP contribution in [0.25, 0.3) is 0 Å². The van der Waals surface area contributed by atoms with Crippen molar-refractivity contribution in [3.05, 3.63) is 30.3 Å². The van der Waals surface area contributed by atoms with Crippen LogP contribution in [-0.4, -0.2) is 11.7 Å². The molecule has 1 aromatic rings. The highest BCUT2D eigenvalue weighted by Gasteiger charge is 2.42. The van der Waals surface area contributed by atoms with E-state index in [4.69, 9.17) is 0 Å². The van der Waals surface area contributed by atoms with Crippen LogP contribution in [0.5, 0.6) is 0 Å². The Morgan fingerprint density at radius 3 is 2.21 bits per heavy atom. The smallest absolute Gasteiger partial charge is 0.325 e. The Bertz CT molecular complexity index is 278. The zero-order valence-corrected chi connectivity index (χ0v) is 7.70. The van der Waals surface area contributed by atoms with Crippen molar-refractivity contribution < 1.29 is 17.6 Å². The Balaban J connectivity index is 2.49. The minimum absolute atomic E-state index is 0.293. The van der Waals surface area contributed by atoms with Gasteiger partial charge in [0.1, 0.15) is 0 Å². The van der Waals surface area contributed by atoms with Gasteiger partial charge in [-0.1, -0.05) is 18.2 Å². The Morgan fingerprint density at radius 1 is 1.14 bits per heavy atom. The maximum absolute atomic E-state index is 12.4. The van der Waals surface area contributed by atoms with E-state index in [1.54, 1.807) is 18.2 Å². The second-order valence-electron chi connectivity index (χ2n) is 2.43. The summed E-state index contributed by atoms with van der Waals surface area (Å²) in [7, 11) is 0. The van der Waals surface area contributed by atoms with Crippen molar-refractivity contribution in [1.82, 2.24) is 0 Å². The third-order valence-electron chi connectivity index (χ3n) is 1.33. The molecular weight excluding hydrogens is 218 g/mol. The Morgan fingerprint density at radius 2 is 1.71 bits per heavy atom. The van der Waals surface area contributed by atoms with Gasteiger partial charge in [-0.2, -0.15) is 8.78 Å². The molecule has 0 unspecified atom stereocenters. The van der Waals surface area contributed by atoms with Crippen molar-refractivity contribution in [1.29, 1.82) is 0 Å². The molecule has 0 radical (unpaired) electrons. The molecule has 1 aromatic carbocycles. The van der Waals surface area contributed by atoms with Crippen LogP contribution >= 0.6 is 11.9 Å². The van der Waals surface area contributed by atoms with E-state index in [-0.39, 0.29) is 11.9 Å². The normalized spacial score (nSPS) is 11.8. The molecule has 6 heteroatoms. The monoisotopic (exact) mass is 225 g/mol. The van der Waals surface area contributed by atoms with E-state index >= 15 is 0 Å². The van der Waals surface area contributed by atoms with Crippen LogP contribution in [0.1, 0.15) is 0 Å². The highest BCUT2D eigenvalue weighted by molar-refractivity contribution is 8.01. The van der Waals surface area contributed by atoms with Gasteiger partial charge in [0.15, 0.2) is 0 Å². The summed E-state index contributed by atoms with van der Waals surface area (Å²) in [6.07, 6.45) is -3.68. The van der Waals surface area contributed by atoms with Gasteiger partial charge in [0.2, 0.25) is 0 Å². The molecule has 0 amide bonds. The number of hydrogen-bond acceptors (Lipinski definition) is 2. The minimum atomic E-state index is -4.07. The number of rotatable bonds is 4. The molecule has 0 fully saturated rings. The fourth-order valence-corrected chi connectivity index (χ4v) is 1.16. The number of hydrogen-bond donors (Lipinski definition) is 1. The molecule has 0 saturated carbocycles. The summed E-state index contributed by atoms with van der Waals surface area (Å²) in [5, 5.41) is -4.07. The van der Waals surface area contributed by atoms with Crippen LogP contribution in [0.15, 0.2) is 30.3 Å². The molecule has 0 spiro atoms. The van der Waals surface area contributed by atoms with Crippen molar-refractivity contribution >= 4 is 17.6 Å². The van der Waals surface area contributed by atoms with Crippen molar-refractivity contribution in [2.75, 3.05) is 4.72 Å². The van der Waals surface area contributed by atoms with E-state index in [1.165, 1.54) is 12.1 Å². The van der Waals surface area contributed by atoms with E-state index in [9.17, 15) is 17.6 Å². The maximum Gasteiger partial charge on any atom is 0.371 e. The van der Waals surface area contributed by atoms with Gasteiger partial charge in [-0.05, 0) is 12.1 Å². The summed E-state index contributed by atoms with van der Waals surface area (Å²) in [6.45, 7) is 0. The lowest BCUT2D eigenvalue weighted by molar-refractivity contribution is -0.0560. The Kier molecular flexibility index (Phi) is 3.62. The van der Waals surface area contributed by atoms with E-state index in [2.05, 4.69) is 4.72 Å². The third-order valence-corrected chi connectivity index (χ3v) is 2.12. The lowest BCUT2D eigenvalue weighted by atomic mass is 10.3. The Labute approximate surface area is 82.6 Å². The molecule has 0 aliphatic carbocycles. The van der Waals surface area contributed by atoms with Crippen molar-refractivity contribution in [2.45, 2.75) is 11.7 Å². The number of benzene rings is 1. The van der Waals surface area contributed by atoms with Crippen LogP contribution in [0.3, 0.4) is 0 Å². The molecule has 0 aliphatic heterocycles. The first kappa shape index (κ1) is 11.2. The first-order valence-corrected chi connectivity index (χ1v) is 4.49. The van der Waals surface area contributed by atoms with Gasteiger partial charge in [0.25, 0.3) is 0 Å². The quantitative estimate of drug-likeness (QED) is 0.620. The Hall–Kier alpha value is -0.910. The fraction of sp³-hybridized carbons (Fsp3) is 0.250. The largest absolute Gasteiger partial charge is 0.371 e. The van der Waals surface area contributed by atoms with Gasteiger partial charge in [-0.3, -0.25) is 0 Å². The third kappa shape index (κ3) is 3.10. The molecule has 14 heavy (non-hydrogen) atoms. The van der Waals surface area contributed by atoms with Crippen LogP contribution in [0.2, 0.25) is 0 Å².